The molecule has 6 aliphatic carbocycles. The minimum absolute atomic E-state index is 0.0519. The number of carbonyl (C=O) groups excluding carboxylic acids is 4. The third kappa shape index (κ3) is 14.8. The van der Waals surface area contributed by atoms with Gasteiger partial charge in [0.2, 0.25) is 11.8 Å². The first-order valence-electron chi connectivity index (χ1n) is 31.2. The maximum Gasteiger partial charge on any atom is 0.332 e. The second kappa shape index (κ2) is 29.0. The van der Waals surface area contributed by atoms with Gasteiger partial charge in [-0.1, -0.05) is 202 Å². The number of carboxylic acid groups (broad SMARTS) is 2. The summed E-state index contributed by atoms with van der Waals surface area (Å²) < 4.78 is 10.4. The predicted octanol–water partition coefficient (Wildman–Crippen LogP) is 12.0. The Kier molecular flexibility index (Phi) is 21.1. The summed E-state index contributed by atoms with van der Waals surface area (Å²) in [5.41, 5.74) is 12.5. The van der Waals surface area contributed by atoms with Gasteiger partial charge in [-0.15, -0.1) is 0 Å². The summed E-state index contributed by atoms with van der Waals surface area (Å²) in [4.78, 5) is 75.2. The molecule has 12 rings (SSSR count). The van der Waals surface area contributed by atoms with E-state index in [1.54, 1.807) is 13.8 Å². The van der Waals surface area contributed by atoms with Crippen molar-refractivity contribution in [3.63, 3.8) is 0 Å². The first kappa shape index (κ1) is 62.6. The standard InChI is InChI=1S/C25H29NO3.C23H25NO3.C13H16O2.C12H15NO2/c1-2-29-24(28)25(16-20-14-8-9-15-21(20)17-25)26-23(27)22(19-12-6-7-13-19)18-10-4-3-5-11-18;25-21(20(17-10-4-5-11-17)16-8-2-1-3-9-16)24-23(22(26)27)14-18-12-6-7-13-19(18)15-23;14-13(15)12(11-8-4-5-9-11)10-6-2-1-3-7-10;1-2-15-11(14)12(13)7-9-5-3-4-6-10(9)8-12/h3-5,8-11,14-15,19,22H,2,6-7,12-13,16-17H2,1H3,(H,26,27);1-3,6-9,12-13,17,20H,4-5,10-11,14-15H2,(H,24,25)(H,26,27);1-3,6-7,11-12H,4-5,8-9H2,(H,14,15);3-6H,2,7-8,13H2,1H3. The van der Waals surface area contributed by atoms with Gasteiger partial charge in [-0.2, -0.15) is 0 Å². The minimum Gasteiger partial charge on any atom is -0.481 e. The van der Waals surface area contributed by atoms with Crippen LogP contribution >= 0.6 is 0 Å². The van der Waals surface area contributed by atoms with Crippen molar-refractivity contribution in [3.05, 3.63) is 214 Å². The van der Waals surface area contributed by atoms with E-state index in [0.717, 1.165) is 114 Å². The van der Waals surface area contributed by atoms with E-state index in [9.17, 15) is 39.0 Å². The molecule has 6 aliphatic rings. The van der Waals surface area contributed by atoms with Crippen molar-refractivity contribution in [1.82, 2.24) is 10.6 Å². The highest BCUT2D eigenvalue weighted by molar-refractivity contribution is 5.93. The maximum absolute atomic E-state index is 13.6. The van der Waals surface area contributed by atoms with Gasteiger partial charge >= 0.3 is 23.9 Å². The van der Waals surface area contributed by atoms with Crippen LogP contribution in [0.2, 0.25) is 0 Å². The van der Waals surface area contributed by atoms with Crippen molar-refractivity contribution in [2.75, 3.05) is 13.2 Å². The molecule has 0 spiro atoms. The molecule has 0 radical (unpaired) electrons. The minimum atomic E-state index is -1.24. The Hall–Kier alpha value is -7.90. The lowest BCUT2D eigenvalue weighted by Gasteiger charge is -2.32. The lowest BCUT2D eigenvalue weighted by Crippen LogP contribution is -2.57. The Morgan fingerprint density at radius 1 is 0.419 bits per heavy atom. The van der Waals surface area contributed by atoms with Crippen molar-refractivity contribution in [1.29, 1.82) is 0 Å². The van der Waals surface area contributed by atoms with Crippen LogP contribution in [0, 0.1) is 17.8 Å². The Balaban J connectivity index is 0.000000143. The van der Waals surface area contributed by atoms with Crippen LogP contribution in [0.5, 0.6) is 0 Å². The largest absolute Gasteiger partial charge is 0.481 e. The second-order valence-corrected chi connectivity index (χ2v) is 24.5. The van der Waals surface area contributed by atoms with Crippen LogP contribution in [-0.4, -0.2) is 75.7 Å². The molecule has 0 aromatic heterocycles. The van der Waals surface area contributed by atoms with Crippen molar-refractivity contribution in [2.45, 2.75) is 164 Å². The number of hydrogen-bond acceptors (Lipinski definition) is 9. The smallest absolute Gasteiger partial charge is 0.332 e. The number of nitrogens with two attached hydrogens (primary N) is 1. The molecular weight excluding hydrogens is 1080 g/mol. The summed E-state index contributed by atoms with van der Waals surface area (Å²) >= 11 is 0. The number of aliphatic carboxylic acids is 2. The Morgan fingerprint density at radius 2 is 0.698 bits per heavy atom. The summed E-state index contributed by atoms with van der Waals surface area (Å²) in [6, 6.07) is 53.2. The van der Waals surface area contributed by atoms with Crippen LogP contribution in [0.1, 0.15) is 159 Å². The van der Waals surface area contributed by atoms with Gasteiger partial charge < -0.3 is 36.1 Å². The fraction of sp³-hybridized carbons (Fsp3) is 0.425. The number of carbonyl (C=O) groups is 6. The van der Waals surface area contributed by atoms with Crippen LogP contribution in [0.15, 0.2) is 164 Å². The summed E-state index contributed by atoms with van der Waals surface area (Å²) in [7, 11) is 0. The van der Waals surface area contributed by atoms with E-state index < -0.39 is 28.6 Å². The van der Waals surface area contributed by atoms with Crippen LogP contribution < -0.4 is 16.4 Å². The number of nitrogens with one attached hydrogen (secondary N) is 2. The van der Waals surface area contributed by atoms with Gasteiger partial charge in [0.05, 0.1) is 31.0 Å². The topological polar surface area (TPSA) is 211 Å². The van der Waals surface area contributed by atoms with E-state index in [1.165, 1.54) is 12.8 Å². The van der Waals surface area contributed by atoms with E-state index in [1.807, 2.05) is 164 Å². The molecule has 0 aliphatic heterocycles. The molecule has 13 nitrogen and oxygen atoms in total. The number of benzene rings is 6. The van der Waals surface area contributed by atoms with E-state index in [4.69, 9.17) is 15.2 Å². The van der Waals surface area contributed by atoms with Gasteiger partial charge in [-0.3, -0.25) is 19.2 Å². The molecule has 0 bridgehead atoms. The number of rotatable bonds is 16. The first-order valence-corrected chi connectivity index (χ1v) is 31.2. The molecule has 3 unspecified atom stereocenters. The number of carboxylic acids is 2. The zero-order valence-electron chi connectivity index (χ0n) is 49.9. The molecular formula is C73H85N3O10. The van der Waals surface area contributed by atoms with Gasteiger partial charge in [0, 0.05) is 38.5 Å². The highest BCUT2D eigenvalue weighted by atomic mass is 16.5. The van der Waals surface area contributed by atoms with Gasteiger partial charge in [-0.05, 0) is 120 Å². The number of esters is 2. The van der Waals surface area contributed by atoms with Crippen LogP contribution in [-0.2, 0) is 76.8 Å². The van der Waals surface area contributed by atoms with Crippen molar-refractivity contribution in [3.8, 4) is 0 Å². The van der Waals surface area contributed by atoms with Crippen LogP contribution in [0.4, 0.5) is 0 Å². The first-order chi connectivity index (χ1) is 41.7. The lowest BCUT2D eigenvalue weighted by molar-refractivity contribution is -0.153. The van der Waals surface area contributed by atoms with E-state index in [2.05, 4.69) is 10.6 Å². The number of fused-ring (bicyclic) bond motifs is 3. The Morgan fingerprint density at radius 3 is 1.02 bits per heavy atom. The van der Waals surface area contributed by atoms with E-state index >= 15 is 0 Å². The van der Waals surface area contributed by atoms with Crippen LogP contribution in [0.3, 0.4) is 0 Å². The highest BCUT2D eigenvalue weighted by Gasteiger charge is 2.49. The third-order valence-electron chi connectivity index (χ3n) is 18.7. The molecule has 86 heavy (non-hydrogen) atoms. The highest BCUT2D eigenvalue weighted by Crippen LogP contribution is 2.42. The molecule has 0 saturated heterocycles. The maximum atomic E-state index is 13.6. The van der Waals surface area contributed by atoms with E-state index in [0.29, 0.717) is 63.6 Å². The van der Waals surface area contributed by atoms with Gasteiger partial charge in [0.15, 0.2) is 0 Å². The quantitative estimate of drug-likeness (QED) is 0.0575. The van der Waals surface area contributed by atoms with Crippen molar-refractivity contribution < 1.29 is 48.5 Å². The Bertz CT molecular complexity index is 3180. The number of amides is 2. The summed E-state index contributed by atoms with van der Waals surface area (Å²) in [5, 5.41) is 25.4. The lowest BCUT2D eigenvalue weighted by atomic mass is 9.83. The fourth-order valence-corrected chi connectivity index (χ4v) is 14.5. The molecule has 6 aromatic rings. The van der Waals surface area contributed by atoms with Gasteiger partial charge in [0.25, 0.3) is 0 Å². The molecule has 3 saturated carbocycles. The number of hydrogen-bond donors (Lipinski definition) is 5. The monoisotopic (exact) mass is 1160 g/mol. The van der Waals surface area contributed by atoms with Gasteiger partial charge in [-0.25, -0.2) is 9.59 Å². The fourth-order valence-electron chi connectivity index (χ4n) is 14.5. The average Bonchev–Trinajstić information content (AvgIpc) is 1.93. The summed E-state index contributed by atoms with van der Waals surface area (Å²) in [5.74, 6) is -2.32. The zero-order valence-corrected chi connectivity index (χ0v) is 49.9. The molecule has 0 heterocycles. The van der Waals surface area contributed by atoms with Gasteiger partial charge in [0.1, 0.15) is 16.6 Å². The SMILES string of the molecule is CCOC(=O)C1(N)Cc2ccccc2C1.CCOC(=O)C1(NC(=O)C(c2ccccc2)C2CCCC2)Cc2ccccc2C1.O=C(NC1(C(=O)O)Cc2ccccc2C1)C(c1ccccc1)C1CCCC1.O=C(O)C(c1ccccc1)C1CCCC1. The molecule has 6 aromatic carbocycles. The summed E-state index contributed by atoms with van der Waals surface area (Å²) in [6.45, 7) is 4.29. The van der Waals surface area contributed by atoms with Crippen LogP contribution in [0.25, 0.3) is 0 Å². The Labute approximate surface area is 506 Å². The zero-order chi connectivity index (χ0) is 60.7. The normalized spacial score (nSPS) is 18.7. The summed E-state index contributed by atoms with van der Waals surface area (Å²) in [6.07, 6.45) is 16.1. The number of ether oxygens (including phenoxy) is 2. The molecule has 3 atom stereocenters. The van der Waals surface area contributed by atoms with Crippen molar-refractivity contribution in [2.24, 2.45) is 23.5 Å². The average molecular weight is 1160 g/mol. The molecule has 13 heteroatoms. The molecule has 3 fully saturated rings. The molecule has 6 N–H and O–H groups in total. The molecule has 452 valence electrons. The predicted molar refractivity (Wildman–Crippen MR) is 332 cm³/mol. The van der Waals surface area contributed by atoms with E-state index in [-0.39, 0.29) is 47.4 Å². The third-order valence-corrected chi connectivity index (χ3v) is 18.7. The van der Waals surface area contributed by atoms with Crippen molar-refractivity contribution >= 4 is 35.7 Å². The second-order valence-electron chi connectivity index (χ2n) is 24.5. The molecule has 2 amide bonds.